The second-order valence-electron chi connectivity index (χ2n) is 9.32. The average Bonchev–Trinajstić information content (AvgIpc) is 3.16. The van der Waals surface area contributed by atoms with Crippen molar-refractivity contribution in [3.8, 4) is 16.2 Å². The maximum atomic E-state index is 13.7. The average molecular weight is 488 g/mol. The lowest BCUT2D eigenvalue weighted by atomic mass is 10.1. The highest BCUT2D eigenvalue weighted by molar-refractivity contribution is 7.15. The Morgan fingerprint density at radius 1 is 1.20 bits per heavy atom. The van der Waals surface area contributed by atoms with Gasteiger partial charge < -0.3 is 19.4 Å². The fourth-order valence-electron chi connectivity index (χ4n) is 5.14. The van der Waals surface area contributed by atoms with Gasteiger partial charge in [0.25, 0.3) is 5.91 Å². The van der Waals surface area contributed by atoms with E-state index in [2.05, 4.69) is 16.4 Å². The van der Waals surface area contributed by atoms with Crippen molar-refractivity contribution < 1.29 is 18.7 Å². The second-order valence-corrected chi connectivity index (χ2v) is 10.5. The number of hydrogen-bond donors (Lipinski definition) is 1. The SMILES string of the molecule is Cc1cccc(-c2sc(C)nc2C(=O)N2C[C@@H]3C[C@@H]3[C@H]2CNC(=O)Oc2cccc3occc23)c1. The number of benzene rings is 2. The van der Waals surface area contributed by atoms with Gasteiger partial charge in [-0.2, -0.15) is 0 Å². The molecular formula is C27H25N3O4S. The van der Waals surface area contributed by atoms with Crippen LogP contribution in [0, 0.1) is 25.7 Å². The van der Waals surface area contributed by atoms with Crippen LogP contribution in [0.1, 0.15) is 27.5 Å². The monoisotopic (exact) mass is 487 g/mol. The van der Waals surface area contributed by atoms with Crippen LogP contribution in [0.15, 0.2) is 59.2 Å². The molecule has 2 aromatic heterocycles. The molecule has 0 bridgehead atoms. The third-order valence-corrected chi connectivity index (χ3v) is 7.91. The molecule has 3 heterocycles. The zero-order chi connectivity index (χ0) is 24.1. The van der Waals surface area contributed by atoms with Gasteiger partial charge >= 0.3 is 6.09 Å². The molecule has 6 rings (SSSR count). The molecule has 4 aromatic rings. The van der Waals surface area contributed by atoms with Crippen LogP contribution in [0.3, 0.4) is 0 Å². The van der Waals surface area contributed by atoms with Gasteiger partial charge in [0.15, 0.2) is 0 Å². The Bertz CT molecular complexity index is 1440. The van der Waals surface area contributed by atoms with Gasteiger partial charge in [-0.3, -0.25) is 4.79 Å². The minimum absolute atomic E-state index is 0.0682. The van der Waals surface area contributed by atoms with Gasteiger partial charge in [0, 0.05) is 13.1 Å². The molecule has 2 aliphatic rings. The van der Waals surface area contributed by atoms with E-state index in [1.807, 2.05) is 43.0 Å². The van der Waals surface area contributed by atoms with Crippen molar-refractivity contribution in [1.82, 2.24) is 15.2 Å². The van der Waals surface area contributed by atoms with E-state index >= 15 is 0 Å². The Hall–Kier alpha value is -3.65. The predicted molar refractivity (Wildman–Crippen MR) is 134 cm³/mol. The highest BCUT2D eigenvalue weighted by atomic mass is 32.1. The molecule has 8 heteroatoms. The van der Waals surface area contributed by atoms with Crippen LogP contribution >= 0.6 is 11.3 Å². The number of likely N-dealkylation sites (tertiary alicyclic amines) is 1. The summed E-state index contributed by atoms with van der Waals surface area (Å²) in [5.41, 5.74) is 3.31. The molecule has 178 valence electrons. The number of piperidine rings is 1. The Morgan fingerprint density at radius 2 is 2.06 bits per heavy atom. The van der Waals surface area contributed by atoms with Crippen molar-refractivity contribution in [2.24, 2.45) is 11.8 Å². The summed E-state index contributed by atoms with van der Waals surface area (Å²) in [6.07, 6.45) is 2.11. The Balaban J connectivity index is 1.18. The lowest BCUT2D eigenvalue weighted by Gasteiger charge is -2.27. The quantitative estimate of drug-likeness (QED) is 0.406. The van der Waals surface area contributed by atoms with Crippen LogP contribution in [0.5, 0.6) is 5.75 Å². The summed E-state index contributed by atoms with van der Waals surface area (Å²) in [4.78, 5) is 33.7. The number of carbonyl (C=O) groups excluding carboxylic acids is 2. The number of fused-ring (bicyclic) bond motifs is 2. The van der Waals surface area contributed by atoms with E-state index in [9.17, 15) is 9.59 Å². The van der Waals surface area contributed by atoms with E-state index in [0.29, 0.717) is 42.0 Å². The molecule has 2 amide bonds. The van der Waals surface area contributed by atoms with Crippen LogP contribution in [0.25, 0.3) is 21.4 Å². The Kier molecular flexibility index (Phi) is 5.33. The third-order valence-electron chi connectivity index (χ3n) is 6.89. The van der Waals surface area contributed by atoms with E-state index in [0.717, 1.165) is 32.8 Å². The molecule has 0 radical (unpaired) electrons. The van der Waals surface area contributed by atoms with Crippen LogP contribution in [0.4, 0.5) is 4.79 Å². The standard InChI is InChI=1S/C27H25N3O4S/c1-15-5-3-6-17(11-15)25-24(29-16(2)35-25)26(31)30-14-18-12-20(18)21(30)13-28-27(32)34-23-8-4-7-22-19(23)9-10-33-22/h3-11,18,20-21H,12-14H2,1-2H3,(H,28,32)/t18-,20-,21+/m0/s1. The zero-order valence-corrected chi connectivity index (χ0v) is 20.3. The van der Waals surface area contributed by atoms with Gasteiger partial charge in [0.1, 0.15) is 17.0 Å². The van der Waals surface area contributed by atoms with Crippen molar-refractivity contribution in [2.75, 3.05) is 13.1 Å². The maximum Gasteiger partial charge on any atom is 0.412 e. The van der Waals surface area contributed by atoms with Crippen LogP contribution in [-0.2, 0) is 0 Å². The fraction of sp³-hybridized carbons (Fsp3) is 0.296. The number of ether oxygens (including phenoxy) is 1. The van der Waals surface area contributed by atoms with Crippen molar-refractivity contribution in [2.45, 2.75) is 26.3 Å². The molecule has 0 spiro atoms. The zero-order valence-electron chi connectivity index (χ0n) is 19.5. The van der Waals surface area contributed by atoms with E-state index in [1.165, 1.54) is 0 Å². The molecular weight excluding hydrogens is 462 g/mol. The number of carbonyl (C=O) groups is 2. The largest absolute Gasteiger partial charge is 0.464 e. The topological polar surface area (TPSA) is 84.7 Å². The molecule has 7 nitrogen and oxygen atoms in total. The van der Waals surface area contributed by atoms with E-state index in [-0.39, 0.29) is 11.9 Å². The smallest absolute Gasteiger partial charge is 0.412 e. The highest BCUT2D eigenvalue weighted by Crippen LogP contribution is 2.50. The van der Waals surface area contributed by atoms with Crippen molar-refractivity contribution in [1.29, 1.82) is 0 Å². The van der Waals surface area contributed by atoms with Gasteiger partial charge in [0.05, 0.1) is 27.6 Å². The first kappa shape index (κ1) is 21.9. The van der Waals surface area contributed by atoms with Crippen LogP contribution in [0.2, 0.25) is 0 Å². The van der Waals surface area contributed by atoms with Crippen LogP contribution < -0.4 is 10.1 Å². The van der Waals surface area contributed by atoms with Crippen molar-refractivity contribution >= 4 is 34.3 Å². The molecule has 1 aliphatic heterocycles. The van der Waals surface area contributed by atoms with Gasteiger partial charge in [-0.15, -0.1) is 11.3 Å². The Morgan fingerprint density at radius 3 is 2.91 bits per heavy atom. The number of nitrogens with zero attached hydrogens (tertiary/aromatic N) is 2. The molecule has 35 heavy (non-hydrogen) atoms. The lowest BCUT2D eigenvalue weighted by Crippen LogP contribution is -2.46. The minimum atomic E-state index is -0.542. The molecule has 1 aliphatic carbocycles. The van der Waals surface area contributed by atoms with Gasteiger partial charge in [-0.25, -0.2) is 9.78 Å². The molecule has 1 saturated carbocycles. The summed E-state index contributed by atoms with van der Waals surface area (Å²) in [5, 5.41) is 4.48. The second kappa shape index (κ2) is 8.53. The number of nitrogens with one attached hydrogen (secondary N) is 1. The summed E-state index contributed by atoms with van der Waals surface area (Å²) in [6, 6.07) is 15.2. The van der Waals surface area contributed by atoms with E-state index in [1.54, 1.807) is 35.8 Å². The molecule has 3 atom stereocenters. The first-order valence-electron chi connectivity index (χ1n) is 11.8. The number of aryl methyl sites for hydroxylation is 2. The normalized spacial score (nSPS) is 20.6. The number of hydrogen-bond acceptors (Lipinski definition) is 6. The minimum Gasteiger partial charge on any atom is -0.464 e. The van der Waals surface area contributed by atoms with Gasteiger partial charge in [-0.1, -0.05) is 35.9 Å². The molecule has 0 unspecified atom stereocenters. The predicted octanol–water partition coefficient (Wildman–Crippen LogP) is 5.42. The van der Waals surface area contributed by atoms with Gasteiger partial charge in [0.2, 0.25) is 0 Å². The third kappa shape index (κ3) is 4.08. The number of amides is 2. The number of aromatic nitrogens is 1. The molecule has 2 aromatic carbocycles. The summed E-state index contributed by atoms with van der Waals surface area (Å²) >= 11 is 1.54. The molecule has 1 N–H and O–H groups in total. The first-order chi connectivity index (χ1) is 17.0. The number of thiazole rings is 1. The van der Waals surface area contributed by atoms with Gasteiger partial charge in [-0.05, 0) is 55.9 Å². The molecule has 2 fully saturated rings. The van der Waals surface area contributed by atoms with E-state index in [4.69, 9.17) is 9.15 Å². The summed E-state index contributed by atoms with van der Waals surface area (Å²) in [6.45, 7) is 5.01. The highest BCUT2D eigenvalue weighted by Gasteiger charge is 2.54. The summed E-state index contributed by atoms with van der Waals surface area (Å²) in [7, 11) is 0. The fourth-order valence-corrected chi connectivity index (χ4v) is 6.04. The number of furan rings is 1. The summed E-state index contributed by atoms with van der Waals surface area (Å²) < 4.78 is 10.9. The van der Waals surface area contributed by atoms with Crippen molar-refractivity contribution in [3.05, 3.63) is 71.1 Å². The Labute approximate surface area is 206 Å². The lowest BCUT2D eigenvalue weighted by molar-refractivity contribution is 0.0700. The first-order valence-corrected chi connectivity index (χ1v) is 12.6. The maximum absolute atomic E-state index is 13.7. The number of rotatable bonds is 5. The van der Waals surface area contributed by atoms with Crippen molar-refractivity contribution in [3.63, 3.8) is 0 Å². The molecule has 1 saturated heterocycles. The van der Waals surface area contributed by atoms with E-state index < -0.39 is 6.09 Å². The summed E-state index contributed by atoms with van der Waals surface area (Å²) in [5.74, 6) is 1.27. The van der Waals surface area contributed by atoms with Crippen LogP contribution in [-0.4, -0.2) is 41.0 Å².